The summed E-state index contributed by atoms with van der Waals surface area (Å²) in [5, 5.41) is 0. The Kier molecular flexibility index (Phi) is 7.34. The summed E-state index contributed by atoms with van der Waals surface area (Å²) < 4.78 is 32.2. The Morgan fingerprint density at radius 3 is 2.64 bits per heavy atom. The quantitative estimate of drug-likeness (QED) is 0.646. The van der Waals surface area contributed by atoms with Crippen LogP contribution in [0.3, 0.4) is 0 Å². The van der Waals surface area contributed by atoms with Gasteiger partial charge in [-0.1, -0.05) is 19.1 Å². The maximum absolute atomic E-state index is 12.1. The van der Waals surface area contributed by atoms with Crippen molar-refractivity contribution in [2.24, 2.45) is 0 Å². The molecule has 0 bridgehead atoms. The van der Waals surface area contributed by atoms with Gasteiger partial charge in [-0.25, -0.2) is 0 Å². The molecular formula is C15H23NO5S. The number of nitrogens with zero attached hydrogens (tertiary/aromatic N) is 1. The van der Waals surface area contributed by atoms with Crippen LogP contribution < -0.4 is 4.18 Å². The number of methoxy groups -OCH3 is 1. The number of rotatable bonds is 9. The maximum Gasteiger partial charge on any atom is 0.306 e. The Balaban J connectivity index is 2.83. The van der Waals surface area contributed by atoms with E-state index in [0.29, 0.717) is 26.1 Å². The molecule has 1 aromatic carbocycles. The van der Waals surface area contributed by atoms with Crippen LogP contribution in [0.1, 0.15) is 25.3 Å². The van der Waals surface area contributed by atoms with Crippen molar-refractivity contribution >= 4 is 16.0 Å². The standard InChI is InChI=1S/C15H23NO5S/c1-4-6-15(17)16(9-10-20-2)12-13-7-5-8-14(11-13)21-22(3,18)19/h5,7-8,11H,4,6,9-10,12H2,1-3H3. The van der Waals surface area contributed by atoms with Gasteiger partial charge < -0.3 is 13.8 Å². The number of amides is 1. The molecule has 0 aliphatic heterocycles. The van der Waals surface area contributed by atoms with Crippen molar-refractivity contribution in [1.29, 1.82) is 0 Å². The van der Waals surface area contributed by atoms with E-state index in [0.717, 1.165) is 18.2 Å². The van der Waals surface area contributed by atoms with Gasteiger partial charge >= 0.3 is 10.1 Å². The van der Waals surface area contributed by atoms with Gasteiger partial charge in [0.1, 0.15) is 5.75 Å². The Labute approximate surface area is 132 Å². The summed E-state index contributed by atoms with van der Waals surface area (Å²) in [5.74, 6) is 0.295. The number of hydrogen-bond acceptors (Lipinski definition) is 5. The van der Waals surface area contributed by atoms with Gasteiger partial charge in [-0.05, 0) is 24.1 Å². The first-order valence-electron chi connectivity index (χ1n) is 7.11. The second kappa shape index (κ2) is 8.75. The van der Waals surface area contributed by atoms with E-state index in [2.05, 4.69) is 0 Å². The number of carbonyl (C=O) groups excluding carboxylic acids is 1. The van der Waals surface area contributed by atoms with Crippen LogP contribution in [-0.2, 0) is 26.2 Å². The molecule has 1 rings (SSSR count). The molecule has 0 saturated heterocycles. The van der Waals surface area contributed by atoms with Crippen LogP contribution in [0.4, 0.5) is 0 Å². The SMILES string of the molecule is CCCC(=O)N(CCOC)Cc1cccc(OS(C)(=O)=O)c1. The minimum absolute atomic E-state index is 0.0500. The Morgan fingerprint density at radius 2 is 2.05 bits per heavy atom. The van der Waals surface area contributed by atoms with Crippen LogP contribution in [0.25, 0.3) is 0 Å². The molecule has 0 unspecified atom stereocenters. The third-order valence-corrected chi connectivity index (χ3v) is 3.40. The molecule has 0 spiro atoms. The minimum Gasteiger partial charge on any atom is -0.383 e. The fourth-order valence-electron chi connectivity index (χ4n) is 1.96. The minimum atomic E-state index is -3.56. The fraction of sp³-hybridized carbons (Fsp3) is 0.533. The lowest BCUT2D eigenvalue weighted by Crippen LogP contribution is -2.33. The van der Waals surface area contributed by atoms with E-state index in [1.165, 1.54) is 0 Å². The number of carbonyl (C=O) groups is 1. The molecule has 124 valence electrons. The van der Waals surface area contributed by atoms with Crippen molar-refractivity contribution in [3.05, 3.63) is 29.8 Å². The fourth-order valence-corrected chi connectivity index (χ4v) is 2.41. The number of ether oxygens (including phenoxy) is 1. The van der Waals surface area contributed by atoms with Gasteiger partial charge in [0, 0.05) is 26.6 Å². The van der Waals surface area contributed by atoms with Crippen LogP contribution in [0, 0.1) is 0 Å². The first kappa shape index (κ1) is 18.4. The first-order chi connectivity index (χ1) is 10.4. The lowest BCUT2D eigenvalue weighted by molar-refractivity contribution is -0.132. The van der Waals surface area contributed by atoms with E-state index < -0.39 is 10.1 Å². The van der Waals surface area contributed by atoms with Crippen molar-refractivity contribution in [2.75, 3.05) is 26.5 Å². The van der Waals surface area contributed by atoms with Crippen LogP contribution in [0.15, 0.2) is 24.3 Å². The number of benzene rings is 1. The highest BCUT2D eigenvalue weighted by molar-refractivity contribution is 7.86. The molecule has 0 N–H and O–H groups in total. The van der Waals surface area contributed by atoms with Gasteiger partial charge in [0.2, 0.25) is 5.91 Å². The van der Waals surface area contributed by atoms with Crippen molar-refractivity contribution in [2.45, 2.75) is 26.3 Å². The van der Waals surface area contributed by atoms with Crippen molar-refractivity contribution in [3.63, 3.8) is 0 Å². The van der Waals surface area contributed by atoms with Crippen molar-refractivity contribution in [1.82, 2.24) is 4.90 Å². The van der Waals surface area contributed by atoms with Gasteiger partial charge in [0.05, 0.1) is 12.9 Å². The topological polar surface area (TPSA) is 72.9 Å². The summed E-state index contributed by atoms with van der Waals surface area (Å²) in [6.45, 7) is 3.29. The second-order valence-electron chi connectivity index (χ2n) is 4.99. The Morgan fingerprint density at radius 1 is 1.32 bits per heavy atom. The molecule has 0 saturated carbocycles. The predicted molar refractivity (Wildman–Crippen MR) is 84.1 cm³/mol. The summed E-state index contributed by atoms with van der Waals surface area (Å²) in [6, 6.07) is 6.72. The molecule has 0 aliphatic rings. The molecule has 0 fully saturated rings. The lowest BCUT2D eigenvalue weighted by Gasteiger charge is -2.22. The highest BCUT2D eigenvalue weighted by Crippen LogP contribution is 2.17. The van der Waals surface area contributed by atoms with Gasteiger partial charge in [-0.15, -0.1) is 0 Å². The van der Waals surface area contributed by atoms with Crippen LogP contribution >= 0.6 is 0 Å². The summed E-state index contributed by atoms with van der Waals surface area (Å²) in [4.78, 5) is 13.8. The highest BCUT2D eigenvalue weighted by Gasteiger charge is 2.13. The molecule has 0 aliphatic carbocycles. The highest BCUT2D eigenvalue weighted by atomic mass is 32.2. The van der Waals surface area contributed by atoms with E-state index in [9.17, 15) is 13.2 Å². The Bertz CT molecular complexity index is 585. The van der Waals surface area contributed by atoms with Crippen LogP contribution in [0.5, 0.6) is 5.75 Å². The average molecular weight is 329 g/mol. The molecular weight excluding hydrogens is 306 g/mol. The third kappa shape index (κ3) is 6.91. The summed E-state index contributed by atoms with van der Waals surface area (Å²) >= 11 is 0. The molecule has 7 heteroatoms. The Hall–Kier alpha value is -1.60. The molecule has 0 radical (unpaired) electrons. The monoisotopic (exact) mass is 329 g/mol. The van der Waals surface area contributed by atoms with Gasteiger partial charge in [-0.2, -0.15) is 8.42 Å². The van der Waals surface area contributed by atoms with Crippen molar-refractivity contribution in [3.8, 4) is 5.75 Å². The molecule has 22 heavy (non-hydrogen) atoms. The smallest absolute Gasteiger partial charge is 0.306 e. The first-order valence-corrected chi connectivity index (χ1v) is 8.92. The van der Waals surface area contributed by atoms with E-state index in [-0.39, 0.29) is 11.7 Å². The van der Waals surface area contributed by atoms with Crippen molar-refractivity contribution < 1.29 is 22.1 Å². The van der Waals surface area contributed by atoms with E-state index in [1.54, 1.807) is 30.2 Å². The molecule has 0 atom stereocenters. The zero-order valence-corrected chi connectivity index (χ0v) is 14.1. The number of hydrogen-bond donors (Lipinski definition) is 0. The molecule has 6 nitrogen and oxygen atoms in total. The largest absolute Gasteiger partial charge is 0.383 e. The lowest BCUT2D eigenvalue weighted by atomic mass is 10.2. The molecule has 0 aromatic heterocycles. The van der Waals surface area contributed by atoms with Gasteiger partial charge in [-0.3, -0.25) is 4.79 Å². The van der Waals surface area contributed by atoms with Crippen LogP contribution in [-0.4, -0.2) is 45.7 Å². The average Bonchev–Trinajstić information content (AvgIpc) is 2.42. The second-order valence-corrected chi connectivity index (χ2v) is 6.57. The van der Waals surface area contributed by atoms with E-state index >= 15 is 0 Å². The molecule has 1 aromatic rings. The maximum atomic E-state index is 12.1. The van der Waals surface area contributed by atoms with E-state index in [1.807, 2.05) is 13.0 Å². The normalized spacial score (nSPS) is 11.2. The third-order valence-electron chi connectivity index (χ3n) is 2.90. The summed E-state index contributed by atoms with van der Waals surface area (Å²) in [5.41, 5.74) is 0.807. The van der Waals surface area contributed by atoms with Gasteiger partial charge in [0.15, 0.2) is 0 Å². The van der Waals surface area contributed by atoms with E-state index in [4.69, 9.17) is 8.92 Å². The summed E-state index contributed by atoms with van der Waals surface area (Å²) in [7, 11) is -1.98. The molecule has 0 heterocycles. The van der Waals surface area contributed by atoms with Crippen LogP contribution in [0.2, 0.25) is 0 Å². The van der Waals surface area contributed by atoms with Gasteiger partial charge in [0.25, 0.3) is 0 Å². The summed E-state index contributed by atoms with van der Waals surface area (Å²) in [6.07, 6.45) is 2.25. The predicted octanol–water partition coefficient (Wildman–Crippen LogP) is 1.80. The zero-order chi connectivity index (χ0) is 16.6. The zero-order valence-electron chi connectivity index (χ0n) is 13.2. The molecule has 1 amide bonds.